The topological polar surface area (TPSA) is 111 Å². The van der Waals surface area contributed by atoms with Crippen molar-refractivity contribution in [1.29, 1.82) is 0 Å². The molecule has 1 aliphatic rings. The zero-order valence-electron chi connectivity index (χ0n) is 16.6. The van der Waals surface area contributed by atoms with E-state index < -0.39 is 5.97 Å². The molecule has 0 saturated heterocycles. The van der Waals surface area contributed by atoms with Gasteiger partial charge in [-0.3, -0.25) is 4.79 Å². The minimum Gasteiger partial charge on any atom is -0.465 e. The van der Waals surface area contributed by atoms with Crippen LogP contribution in [0.15, 0.2) is 64.1 Å². The first-order chi connectivity index (χ1) is 15.1. The van der Waals surface area contributed by atoms with Crippen molar-refractivity contribution in [2.45, 2.75) is 0 Å². The molecule has 158 valence electrons. The number of hydrogen-bond donors (Lipinski definition) is 2. The molecule has 31 heavy (non-hydrogen) atoms. The Labute approximate surface area is 177 Å². The number of hydrazone groups is 1. The number of ether oxygens (including phenoxy) is 3. The number of furan rings is 1. The van der Waals surface area contributed by atoms with Gasteiger partial charge in [-0.15, -0.1) is 0 Å². The molecule has 2 N–H and O–H groups in total. The van der Waals surface area contributed by atoms with E-state index in [1.165, 1.54) is 13.3 Å². The Kier molecular flexibility index (Phi) is 5.84. The number of nitrogens with zero attached hydrogens (tertiary/aromatic N) is 1. The van der Waals surface area contributed by atoms with E-state index in [1.54, 1.807) is 48.5 Å². The summed E-state index contributed by atoms with van der Waals surface area (Å²) >= 11 is 0. The summed E-state index contributed by atoms with van der Waals surface area (Å²) in [5.74, 6) is 1.56. The SMILES string of the molecule is COC(=O)c1cccc(-c2ccc(/C=N/NC(=O)CNc3ccc4c(c3)OCO4)o2)c1. The van der Waals surface area contributed by atoms with Gasteiger partial charge < -0.3 is 23.9 Å². The van der Waals surface area contributed by atoms with Gasteiger partial charge in [-0.25, -0.2) is 10.2 Å². The second-order valence-electron chi connectivity index (χ2n) is 6.49. The summed E-state index contributed by atoms with van der Waals surface area (Å²) < 4.78 is 21.0. The number of benzene rings is 2. The predicted molar refractivity (Wildman–Crippen MR) is 112 cm³/mol. The van der Waals surface area contributed by atoms with Crippen molar-refractivity contribution in [2.75, 3.05) is 25.8 Å². The van der Waals surface area contributed by atoms with Crippen molar-refractivity contribution in [2.24, 2.45) is 5.10 Å². The lowest BCUT2D eigenvalue weighted by Crippen LogP contribution is -2.25. The highest BCUT2D eigenvalue weighted by molar-refractivity contribution is 5.90. The molecule has 0 atom stereocenters. The molecule has 0 bridgehead atoms. The van der Waals surface area contributed by atoms with Crippen molar-refractivity contribution in [3.8, 4) is 22.8 Å². The number of amides is 1. The van der Waals surface area contributed by atoms with Crippen molar-refractivity contribution in [1.82, 2.24) is 5.43 Å². The summed E-state index contributed by atoms with van der Waals surface area (Å²) in [7, 11) is 1.33. The maximum absolute atomic E-state index is 12.0. The maximum atomic E-state index is 12.0. The van der Waals surface area contributed by atoms with Crippen molar-refractivity contribution < 1.29 is 28.2 Å². The second kappa shape index (κ2) is 9.04. The lowest BCUT2D eigenvalue weighted by molar-refractivity contribution is -0.119. The van der Waals surface area contributed by atoms with E-state index in [4.69, 9.17) is 18.6 Å². The van der Waals surface area contributed by atoms with Gasteiger partial charge in [0, 0.05) is 17.3 Å². The number of nitrogens with one attached hydrogen (secondary N) is 2. The Morgan fingerprint density at radius 2 is 1.97 bits per heavy atom. The van der Waals surface area contributed by atoms with Gasteiger partial charge in [0.05, 0.1) is 25.4 Å². The van der Waals surface area contributed by atoms with Crippen LogP contribution < -0.4 is 20.2 Å². The molecule has 1 aromatic heterocycles. The summed E-state index contributed by atoms with van der Waals surface area (Å²) in [4.78, 5) is 23.6. The number of carbonyl (C=O) groups is 2. The molecule has 0 radical (unpaired) electrons. The van der Waals surface area contributed by atoms with Gasteiger partial charge in [-0.1, -0.05) is 12.1 Å². The molecule has 0 unspecified atom stereocenters. The molecule has 1 aliphatic heterocycles. The molecule has 4 rings (SSSR count). The number of methoxy groups -OCH3 is 1. The van der Waals surface area contributed by atoms with Gasteiger partial charge >= 0.3 is 5.97 Å². The van der Waals surface area contributed by atoms with Crippen LogP contribution in [0, 0.1) is 0 Å². The summed E-state index contributed by atoms with van der Waals surface area (Å²) in [6.45, 7) is 0.222. The molecule has 1 amide bonds. The number of rotatable bonds is 7. The van der Waals surface area contributed by atoms with Gasteiger partial charge in [0.15, 0.2) is 11.5 Å². The minimum atomic E-state index is -0.424. The Bertz CT molecular complexity index is 1140. The Hall–Kier alpha value is -4.27. The summed E-state index contributed by atoms with van der Waals surface area (Å²) in [5, 5.41) is 6.89. The van der Waals surface area contributed by atoms with Gasteiger partial charge in [0.1, 0.15) is 11.5 Å². The van der Waals surface area contributed by atoms with Crippen LogP contribution in [0.1, 0.15) is 16.1 Å². The number of anilines is 1. The van der Waals surface area contributed by atoms with Crippen molar-refractivity contribution in [3.63, 3.8) is 0 Å². The van der Waals surface area contributed by atoms with E-state index in [-0.39, 0.29) is 19.2 Å². The number of carbonyl (C=O) groups excluding carboxylic acids is 2. The monoisotopic (exact) mass is 421 g/mol. The number of fused-ring (bicyclic) bond motifs is 1. The molecule has 9 nitrogen and oxygen atoms in total. The lowest BCUT2D eigenvalue weighted by atomic mass is 10.1. The average Bonchev–Trinajstić information content (AvgIpc) is 3.46. The number of hydrogen-bond acceptors (Lipinski definition) is 8. The second-order valence-corrected chi connectivity index (χ2v) is 6.49. The van der Waals surface area contributed by atoms with Crippen LogP contribution in [0.5, 0.6) is 11.5 Å². The Morgan fingerprint density at radius 3 is 2.84 bits per heavy atom. The van der Waals surface area contributed by atoms with Crippen LogP contribution in [0.25, 0.3) is 11.3 Å². The molecule has 0 spiro atoms. The van der Waals surface area contributed by atoms with E-state index in [9.17, 15) is 9.59 Å². The highest BCUT2D eigenvalue weighted by Gasteiger charge is 2.13. The zero-order chi connectivity index (χ0) is 21.6. The van der Waals surface area contributed by atoms with E-state index >= 15 is 0 Å². The maximum Gasteiger partial charge on any atom is 0.337 e. The highest BCUT2D eigenvalue weighted by Crippen LogP contribution is 2.34. The van der Waals surface area contributed by atoms with Crippen LogP contribution in [-0.4, -0.2) is 38.5 Å². The molecule has 2 aromatic carbocycles. The first-order valence-electron chi connectivity index (χ1n) is 9.36. The van der Waals surface area contributed by atoms with Gasteiger partial charge in [-0.2, -0.15) is 5.10 Å². The average molecular weight is 421 g/mol. The summed E-state index contributed by atoms with van der Waals surface area (Å²) in [6, 6.07) is 15.7. The number of esters is 1. The third-order valence-corrected chi connectivity index (χ3v) is 4.40. The van der Waals surface area contributed by atoms with E-state index in [1.807, 2.05) is 6.07 Å². The van der Waals surface area contributed by atoms with Crippen LogP contribution in [-0.2, 0) is 9.53 Å². The molecule has 0 saturated carbocycles. The van der Waals surface area contributed by atoms with Crippen LogP contribution in [0.4, 0.5) is 5.69 Å². The molecule has 9 heteroatoms. The first-order valence-corrected chi connectivity index (χ1v) is 9.36. The molecule has 0 aliphatic carbocycles. The smallest absolute Gasteiger partial charge is 0.337 e. The fourth-order valence-corrected chi connectivity index (χ4v) is 2.89. The molecular formula is C22H19N3O6. The quantitative estimate of drug-likeness (QED) is 0.343. The summed E-state index contributed by atoms with van der Waals surface area (Å²) in [5.41, 5.74) is 4.30. The van der Waals surface area contributed by atoms with Gasteiger partial charge in [-0.05, 0) is 36.4 Å². The molecule has 2 heterocycles. The van der Waals surface area contributed by atoms with E-state index in [0.29, 0.717) is 28.6 Å². The predicted octanol–water partition coefficient (Wildman–Crippen LogP) is 3.02. The Morgan fingerprint density at radius 1 is 1.10 bits per heavy atom. The zero-order valence-corrected chi connectivity index (χ0v) is 16.6. The van der Waals surface area contributed by atoms with Crippen LogP contribution in [0.2, 0.25) is 0 Å². The highest BCUT2D eigenvalue weighted by atomic mass is 16.7. The van der Waals surface area contributed by atoms with E-state index in [0.717, 1.165) is 11.3 Å². The summed E-state index contributed by atoms with van der Waals surface area (Å²) in [6.07, 6.45) is 1.39. The van der Waals surface area contributed by atoms with E-state index in [2.05, 4.69) is 15.8 Å². The lowest BCUT2D eigenvalue weighted by Gasteiger charge is -2.06. The fourth-order valence-electron chi connectivity index (χ4n) is 2.89. The normalized spacial score (nSPS) is 12.0. The molecule has 3 aromatic rings. The Balaban J connectivity index is 1.30. The first kappa shape index (κ1) is 20.0. The standard InChI is InChI=1S/C22H19N3O6/c1-28-22(27)15-4-2-3-14(9-15)18-8-6-17(31-18)11-24-25-21(26)12-23-16-5-7-19-20(10-16)30-13-29-19/h2-11,23H,12-13H2,1H3,(H,25,26)/b24-11+. The third-order valence-electron chi connectivity index (χ3n) is 4.40. The molecule has 0 fully saturated rings. The van der Waals surface area contributed by atoms with Crippen LogP contribution >= 0.6 is 0 Å². The van der Waals surface area contributed by atoms with Gasteiger partial charge in [0.25, 0.3) is 5.91 Å². The van der Waals surface area contributed by atoms with Gasteiger partial charge in [0.2, 0.25) is 6.79 Å². The third kappa shape index (κ3) is 4.84. The van der Waals surface area contributed by atoms with Crippen LogP contribution in [0.3, 0.4) is 0 Å². The minimum absolute atomic E-state index is 0.0285. The molecular weight excluding hydrogens is 402 g/mol. The van der Waals surface area contributed by atoms with Crippen molar-refractivity contribution in [3.05, 3.63) is 65.9 Å². The fraction of sp³-hybridized carbons (Fsp3) is 0.136. The van der Waals surface area contributed by atoms with Crippen molar-refractivity contribution >= 4 is 23.8 Å². The largest absolute Gasteiger partial charge is 0.465 e.